The lowest BCUT2D eigenvalue weighted by Gasteiger charge is -2.37. The van der Waals surface area contributed by atoms with Gasteiger partial charge in [-0.15, -0.1) is 0 Å². The van der Waals surface area contributed by atoms with Gasteiger partial charge in [0, 0.05) is 31.3 Å². The molecule has 202 valence electrons. The number of carbonyl (C=O) groups excluding carboxylic acids is 2. The number of amides is 2. The van der Waals surface area contributed by atoms with E-state index in [-0.39, 0.29) is 49.6 Å². The summed E-state index contributed by atoms with van der Waals surface area (Å²) in [5.41, 5.74) is 3.00. The van der Waals surface area contributed by atoms with Gasteiger partial charge in [-0.3, -0.25) is 9.59 Å². The van der Waals surface area contributed by atoms with Crippen LogP contribution in [0.5, 0.6) is 17.4 Å². The summed E-state index contributed by atoms with van der Waals surface area (Å²) in [7, 11) is 1.73. The zero-order chi connectivity index (χ0) is 26.8. The second-order valence-electron chi connectivity index (χ2n) is 10.4. The molecule has 2 amide bonds. The van der Waals surface area contributed by atoms with Crippen molar-refractivity contribution in [3.8, 4) is 17.4 Å². The van der Waals surface area contributed by atoms with Crippen molar-refractivity contribution in [2.75, 3.05) is 33.5 Å². The molecular formula is C29H35N3O6. The maximum absolute atomic E-state index is 13.7. The Morgan fingerprint density at radius 1 is 1.24 bits per heavy atom. The van der Waals surface area contributed by atoms with E-state index >= 15 is 0 Å². The number of pyridine rings is 1. The molecule has 0 spiro atoms. The molecule has 0 unspecified atom stereocenters. The number of carbonyl (C=O) groups is 2. The summed E-state index contributed by atoms with van der Waals surface area (Å²) in [4.78, 5) is 34.8. The molecule has 9 nitrogen and oxygen atoms in total. The van der Waals surface area contributed by atoms with E-state index in [4.69, 9.17) is 14.2 Å². The monoisotopic (exact) mass is 521 g/mol. The summed E-state index contributed by atoms with van der Waals surface area (Å²) in [6.45, 7) is 4.48. The Balaban J connectivity index is 1.42. The lowest BCUT2D eigenvalue weighted by atomic mass is 9.93. The third-order valence-corrected chi connectivity index (χ3v) is 7.60. The minimum absolute atomic E-state index is 0.129. The van der Waals surface area contributed by atoms with Gasteiger partial charge in [-0.25, -0.2) is 4.98 Å². The molecule has 2 aromatic rings. The third kappa shape index (κ3) is 5.20. The van der Waals surface area contributed by atoms with Crippen LogP contribution in [-0.4, -0.2) is 77.4 Å². The van der Waals surface area contributed by atoms with Crippen molar-refractivity contribution >= 4 is 17.4 Å². The summed E-state index contributed by atoms with van der Waals surface area (Å²) in [5, 5.41) is 9.91. The number of aromatic nitrogens is 1. The van der Waals surface area contributed by atoms with Crippen LogP contribution in [-0.2, 0) is 0 Å². The van der Waals surface area contributed by atoms with Gasteiger partial charge in [-0.1, -0.05) is 13.0 Å². The van der Waals surface area contributed by atoms with Gasteiger partial charge in [-0.05, 0) is 68.0 Å². The van der Waals surface area contributed by atoms with E-state index in [1.165, 1.54) is 12.0 Å². The summed E-state index contributed by atoms with van der Waals surface area (Å²) >= 11 is 0. The van der Waals surface area contributed by atoms with Crippen LogP contribution in [0.25, 0.3) is 5.57 Å². The molecule has 9 heteroatoms. The summed E-state index contributed by atoms with van der Waals surface area (Å²) in [6.07, 6.45) is 7.83. The number of allylic oxidation sites excluding steroid dienone is 2. The van der Waals surface area contributed by atoms with Gasteiger partial charge < -0.3 is 29.1 Å². The van der Waals surface area contributed by atoms with E-state index in [2.05, 4.69) is 11.1 Å². The average molecular weight is 522 g/mol. The minimum atomic E-state index is -0.426. The second-order valence-corrected chi connectivity index (χ2v) is 10.4. The lowest BCUT2D eigenvalue weighted by molar-refractivity contribution is 0.0313. The molecule has 0 fully saturated rings. The number of aliphatic hydroxyl groups excluding tert-OH is 1. The first-order valence-electron chi connectivity index (χ1n) is 13.3. The topological polar surface area (TPSA) is 101 Å². The van der Waals surface area contributed by atoms with Crippen LogP contribution in [0.4, 0.5) is 0 Å². The Kier molecular flexibility index (Phi) is 7.56. The molecule has 3 heterocycles. The Morgan fingerprint density at radius 3 is 2.82 bits per heavy atom. The molecule has 0 saturated heterocycles. The largest absolute Gasteiger partial charge is 0.472 e. The van der Waals surface area contributed by atoms with E-state index in [0.29, 0.717) is 29.2 Å². The standard InChI is InChI=1S/C29H35N3O6/c1-18-14-32(19(2)16-33)29(35)23-11-22(20-7-5-4-6-8-20)13-30-27(23)38-26(18)15-31(3)28(34)21-9-10-24-25(12-21)37-17-36-24/h7,9-13,18-19,26,33H,4-6,8,14-17H2,1-3H3/t18-,19+,26-/m1/s1. The molecule has 1 aromatic heterocycles. The fourth-order valence-corrected chi connectivity index (χ4v) is 5.20. The number of ether oxygens (including phenoxy) is 3. The van der Waals surface area contributed by atoms with Gasteiger partial charge >= 0.3 is 0 Å². The van der Waals surface area contributed by atoms with Crippen LogP contribution in [0.1, 0.15) is 65.8 Å². The maximum Gasteiger partial charge on any atom is 0.259 e. The summed E-state index contributed by atoms with van der Waals surface area (Å²) < 4.78 is 17.2. The SMILES string of the molecule is C[C@@H]1CN([C@@H](C)CO)C(=O)c2cc(C3=CCCCC3)cnc2O[C@@H]1CN(C)C(=O)c1ccc2c(c1)OCO2. The van der Waals surface area contributed by atoms with Gasteiger partial charge in [0.1, 0.15) is 11.7 Å². The Hall–Kier alpha value is -3.59. The molecule has 5 rings (SSSR count). The van der Waals surface area contributed by atoms with Crippen molar-refractivity contribution in [3.05, 3.63) is 53.2 Å². The first-order chi connectivity index (χ1) is 18.4. The van der Waals surface area contributed by atoms with Crippen LogP contribution in [0.15, 0.2) is 36.5 Å². The minimum Gasteiger partial charge on any atom is -0.472 e. The molecule has 0 saturated carbocycles. The van der Waals surface area contributed by atoms with Crippen molar-refractivity contribution in [2.45, 2.75) is 51.7 Å². The van der Waals surface area contributed by atoms with Crippen molar-refractivity contribution in [3.63, 3.8) is 0 Å². The average Bonchev–Trinajstić information content (AvgIpc) is 3.42. The summed E-state index contributed by atoms with van der Waals surface area (Å²) in [6, 6.07) is 6.63. The van der Waals surface area contributed by atoms with Gasteiger partial charge in [0.05, 0.1) is 19.2 Å². The molecule has 3 aliphatic rings. The van der Waals surface area contributed by atoms with Crippen molar-refractivity contribution in [1.82, 2.24) is 14.8 Å². The van der Waals surface area contributed by atoms with E-state index < -0.39 is 6.10 Å². The number of aliphatic hydroxyl groups is 1. The van der Waals surface area contributed by atoms with Crippen molar-refractivity contribution in [2.24, 2.45) is 5.92 Å². The van der Waals surface area contributed by atoms with Crippen LogP contribution in [0.2, 0.25) is 0 Å². The highest BCUT2D eigenvalue weighted by Gasteiger charge is 2.35. The third-order valence-electron chi connectivity index (χ3n) is 7.60. The van der Waals surface area contributed by atoms with E-state index in [1.807, 2.05) is 19.9 Å². The number of nitrogens with zero attached hydrogens (tertiary/aromatic N) is 3. The van der Waals surface area contributed by atoms with Crippen LogP contribution < -0.4 is 14.2 Å². The molecule has 2 aliphatic heterocycles. The predicted octanol–water partition coefficient (Wildman–Crippen LogP) is 3.76. The quantitative estimate of drug-likeness (QED) is 0.618. The Morgan fingerprint density at radius 2 is 2.05 bits per heavy atom. The Labute approximate surface area is 223 Å². The number of hydrogen-bond acceptors (Lipinski definition) is 7. The molecule has 1 aromatic carbocycles. The normalized spacial score (nSPS) is 21.5. The predicted molar refractivity (Wildman–Crippen MR) is 141 cm³/mol. The van der Waals surface area contributed by atoms with Gasteiger partial charge in [0.2, 0.25) is 12.7 Å². The number of hydrogen-bond donors (Lipinski definition) is 1. The molecule has 0 radical (unpaired) electrons. The molecule has 3 atom stereocenters. The second kappa shape index (κ2) is 11.0. The van der Waals surface area contributed by atoms with Crippen molar-refractivity contribution < 1.29 is 28.9 Å². The molecular weight excluding hydrogens is 486 g/mol. The molecule has 1 aliphatic carbocycles. The summed E-state index contributed by atoms with van der Waals surface area (Å²) in [5.74, 6) is 0.915. The maximum atomic E-state index is 13.7. The number of rotatable bonds is 6. The van der Waals surface area contributed by atoms with Crippen LogP contribution >= 0.6 is 0 Å². The van der Waals surface area contributed by atoms with E-state index in [9.17, 15) is 14.7 Å². The van der Waals surface area contributed by atoms with Gasteiger partial charge in [0.15, 0.2) is 11.5 Å². The zero-order valence-corrected chi connectivity index (χ0v) is 22.2. The van der Waals surface area contributed by atoms with E-state index in [1.54, 1.807) is 41.2 Å². The number of benzene rings is 1. The van der Waals surface area contributed by atoms with E-state index in [0.717, 1.165) is 24.8 Å². The van der Waals surface area contributed by atoms with Crippen LogP contribution in [0, 0.1) is 5.92 Å². The zero-order valence-electron chi connectivity index (χ0n) is 22.2. The number of likely N-dealkylation sites (N-methyl/N-ethyl adjacent to an activating group) is 1. The first-order valence-corrected chi connectivity index (χ1v) is 13.3. The van der Waals surface area contributed by atoms with Crippen molar-refractivity contribution in [1.29, 1.82) is 0 Å². The molecule has 0 bridgehead atoms. The number of fused-ring (bicyclic) bond motifs is 2. The highest BCUT2D eigenvalue weighted by atomic mass is 16.7. The van der Waals surface area contributed by atoms with Gasteiger partial charge in [0.25, 0.3) is 11.8 Å². The van der Waals surface area contributed by atoms with Crippen LogP contribution in [0.3, 0.4) is 0 Å². The molecule has 1 N–H and O–H groups in total. The Bertz CT molecular complexity index is 1240. The fourth-order valence-electron chi connectivity index (χ4n) is 5.20. The van der Waals surface area contributed by atoms with Gasteiger partial charge in [-0.2, -0.15) is 0 Å². The highest BCUT2D eigenvalue weighted by Crippen LogP contribution is 2.34. The fraction of sp³-hybridized carbons (Fsp3) is 0.483. The first kappa shape index (κ1) is 26.0. The highest BCUT2D eigenvalue weighted by molar-refractivity contribution is 5.97. The molecule has 38 heavy (non-hydrogen) atoms. The lowest BCUT2D eigenvalue weighted by Crippen LogP contribution is -2.50. The smallest absolute Gasteiger partial charge is 0.259 e.